The molecule has 146 valence electrons. The van der Waals surface area contributed by atoms with Crippen LogP contribution in [0.4, 0.5) is 5.69 Å². The minimum Gasteiger partial charge on any atom is -0.325 e. The molecule has 1 aliphatic heterocycles. The van der Waals surface area contributed by atoms with Crippen molar-refractivity contribution in [2.75, 3.05) is 30.9 Å². The molecule has 0 fully saturated rings. The number of aromatic nitrogens is 2. The van der Waals surface area contributed by atoms with Crippen LogP contribution in [-0.2, 0) is 17.8 Å². The van der Waals surface area contributed by atoms with Crippen LogP contribution in [-0.4, -0.2) is 46.4 Å². The maximum absolute atomic E-state index is 12.5. The predicted molar refractivity (Wildman–Crippen MR) is 120 cm³/mol. The normalized spacial score (nSPS) is 14.2. The van der Waals surface area contributed by atoms with Crippen molar-refractivity contribution >= 4 is 56.7 Å². The molecule has 1 aliphatic rings. The Morgan fingerprint density at radius 1 is 1.36 bits per heavy atom. The topological polar surface area (TPSA) is 58.1 Å². The molecule has 1 aromatic carbocycles. The van der Waals surface area contributed by atoms with E-state index in [1.807, 2.05) is 37.4 Å². The molecule has 8 heteroatoms. The van der Waals surface area contributed by atoms with Gasteiger partial charge in [0.15, 0.2) is 5.16 Å². The maximum atomic E-state index is 12.5. The lowest BCUT2D eigenvalue weighted by Crippen LogP contribution is -2.25. The maximum Gasteiger partial charge on any atom is 0.234 e. The van der Waals surface area contributed by atoms with Crippen molar-refractivity contribution in [3.05, 3.63) is 40.3 Å². The zero-order valence-corrected chi connectivity index (χ0v) is 18.6. The number of amides is 1. The lowest BCUT2D eigenvalue weighted by molar-refractivity contribution is -0.113. The number of fused-ring (bicyclic) bond motifs is 3. The number of hydrogen-bond donors (Lipinski definition) is 1. The second-order valence-electron chi connectivity index (χ2n) is 6.89. The van der Waals surface area contributed by atoms with Crippen molar-refractivity contribution in [1.29, 1.82) is 0 Å². The summed E-state index contributed by atoms with van der Waals surface area (Å²) in [5.41, 5.74) is 3.33. The van der Waals surface area contributed by atoms with E-state index in [1.165, 1.54) is 22.2 Å². The van der Waals surface area contributed by atoms with E-state index in [9.17, 15) is 4.79 Å². The molecule has 0 spiro atoms. The van der Waals surface area contributed by atoms with Crippen molar-refractivity contribution in [2.24, 2.45) is 0 Å². The molecule has 0 unspecified atom stereocenters. The number of aryl methyl sites for hydroxylation is 1. The first-order valence-electron chi connectivity index (χ1n) is 9.07. The van der Waals surface area contributed by atoms with Crippen LogP contribution in [0.3, 0.4) is 0 Å². The molecule has 28 heavy (non-hydrogen) atoms. The van der Waals surface area contributed by atoms with E-state index >= 15 is 0 Å². The summed E-state index contributed by atoms with van der Waals surface area (Å²) in [7, 11) is 2.15. The second kappa shape index (κ2) is 8.41. The third-order valence-corrected chi connectivity index (χ3v) is 7.30. The number of anilines is 1. The van der Waals surface area contributed by atoms with Gasteiger partial charge in [0, 0.05) is 29.0 Å². The minimum atomic E-state index is -0.0168. The number of nitrogens with one attached hydrogen (secondary N) is 1. The largest absolute Gasteiger partial charge is 0.325 e. The standard InChI is InChI=1S/C20H22N4OS3/c1-12-5-4-6-13(9-12)21-16(25)11-27-18-17-14-7-8-24(2)10-15(14)28-19(17)23-20(22-18)26-3/h4-6,9H,7-8,10-11H2,1-3H3,(H,21,25). The van der Waals surface area contributed by atoms with Crippen molar-refractivity contribution in [3.63, 3.8) is 0 Å². The summed E-state index contributed by atoms with van der Waals surface area (Å²) in [6.07, 6.45) is 3.00. The fraction of sp³-hybridized carbons (Fsp3) is 0.350. The van der Waals surface area contributed by atoms with Crippen molar-refractivity contribution < 1.29 is 4.79 Å². The van der Waals surface area contributed by atoms with Gasteiger partial charge in [0.05, 0.1) is 5.75 Å². The summed E-state index contributed by atoms with van der Waals surface area (Å²) >= 11 is 4.81. The third kappa shape index (κ3) is 4.20. The molecule has 0 saturated carbocycles. The summed E-state index contributed by atoms with van der Waals surface area (Å²) < 4.78 is 0. The number of carbonyl (C=O) groups excluding carboxylic acids is 1. The number of nitrogens with zero attached hydrogens (tertiary/aromatic N) is 3. The number of rotatable bonds is 5. The van der Waals surface area contributed by atoms with Gasteiger partial charge in [0.25, 0.3) is 0 Å². The van der Waals surface area contributed by atoms with Gasteiger partial charge in [-0.15, -0.1) is 11.3 Å². The Morgan fingerprint density at radius 3 is 3.00 bits per heavy atom. The molecule has 2 aromatic heterocycles. The molecule has 0 aliphatic carbocycles. The fourth-order valence-electron chi connectivity index (χ4n) is 3.32. The van der Waals surface area contributed by atoms with E-state index < -0.39 is 0 Å². The quantitative estimate of drug-likeness (QED) is 0.367. The van der Waals surface area contributed by atoms with Crippen LogP contribution in [0.25, 0.3) is 10.2 Å². The first-order valence-corrected chi connectivity index (χ1v) is 12.1. The number of thioether (sulfide) groups is 2. The zero-order valence-electron chi connectivity index (χ0n) is 16.1. The van der Waals surface area contributed by atoms with Crippen LogP contribution < -0.4 is 5.32 Å². The molecule has 0 radical (unpaired) electrons. The Bertz CT molecular complexity index is 1030. The summed E-state index contributed by atoms with van der Waals surface area (Å²) in [5.74, 6) is 0.315. The van der Waals surface area contributed by atoms with Crippen LogP contribution in [0.2, 0.25) is 0 Å². The van der Waals surface area contributed by atoms with E-state index in [2.05, 4.69) is 17.3 Å². The summed E-state index contributed by atoms with van der Waals surface area (Å²) in [6.45, 7) is 4.02. The summed E-state index contributed by atoms with van der Waals surface area (Å²) in [6, 6.07) is 7.85. The molecule has 3 aromatic rings. The molecule has 1 amide bonds. The van der Waals surface area contributed by atoms with Crippen molar-refractivity contribution in [3.8, 4) is 0 Å². The Morgan fingerprint density at radius 2 is 2.21 bits per heavy atom. The third-order valence-electron chi connectivity index (χ3n) is 4.66. The lowest BCUT2D eigenvalue weighted by atomic mass is 10.1. The van der Waals surface area contributed by atoms with Gasteiger partial charge in [-0.25, -0.2) is 9.97 Å². The number of benzene rings is 1. The van der Waals surface area contributed by atoms with Gasteiger partial charge in [0.1, 0.15) is 9.86 Å². The van der Waals surface area contributed by atoms with Crippen LogP contribution in [0, 0.1) is 6.92 Å². The Labute approximate surface area is 177 Å². The van der Waals surface area contributed by atoms with Crippen molar-refractivity contribution in [2.45, 2.75) is 30.1 Å². The van der Waals surface area contributed by atoms with Gasteiger partial charge >= 0.3 is 0 Å². The monoisotopic (exact) mass is 430 g/mol. The van der Waals surface area contributed by atoms with Crippen LogP contribution >= 0.6 is 34.9 Å². The van der Waals surface area contributed by atoms with E-state index in [-0.39, 0.29) is 5.91 Å². The first kappa shape index (κ1) is 19.7. The number of likely N-dealkylation sites (N-methyl/N-ethyl adjacent to an activating group) is 1. The fourth-order valence-corrected chi connectivity index (χ4v) is 6.02. The van der Waals surface area contributed by atoms with Crippen molar-refractivity contribution in [1.82, 2.24) is 14.9 Å². The first-order chi connectivity index (χ1) is 13.5. The molecular formula is C20H22N4OS3. The number of hydrogen-bond acceptors (Lipinski definition) is 7. The molecule has 0 saturated heterocycles. The summed E-state index contributed by atoms with van der Waals surface area (Å²) in [4.78, 5) is 26.7. The number of carbonyl (C=O) groups is 1. The highest BCUT2D eigenvalue weighted by Gasteiger charge is 2.23. The van der Waals surface area contributed by atoms with Crippen LogP contribution in [0.1, 0.15) is 16.0 Å². The Hall–Kier alpha value is -1.61. The average molecular weight is 431 g/mol. The molecule has 3 heterocycles. The molecule has 0 bridgehead atoms. The van der Waals surface area contributed by atoms with Gasteiger partial charge in [-0.05, 0) is 49.9 Å². The SMILES string of the molecule is CSc1nc(SCC(=O)Nc2cccc(C)c2)c2c3c(sc2n1)CN(C)CC3. The molecule has 1 N–H and O–H groups in total. The van der Waals surface area contributed by atoms with Crippen LogP contribution in [0.15, 0.2) is 34.4 Å². The smallest absolute Gasteiger partial charge is 0.234 e. The van der Waals surface area contributed by atoms with Gasteiger partial charge in [-0.1, -0.05) is 35.7 Å². The zero-order chi connectivity index (χ0) is 19.7. The van der Waals surface area contributed by atoms with E-state index in [4.69, 9.17) is 9.97 Å². The highest BCUT2D eigenvalue weighted by Crippen LogP contribution is 2.39. The molecule has 5 nitrogen and oxygen atoms in total. The minimum absolute atomic E-state index is 0.0168. The highest BCUT2D eigenvalue weighted by atomic mass is 32.2. The second-order valence-corrected chi connectivity index (χ2v) is 9.71. The lowest BCUT2D eigenvalue weighted by Gasteiger charge is -2.22. The summed E-state index contributed by atoms with van der Waals surface area (Å²) in [5, 5.41) is 5.82. The van der Waals surface area contributed by atoms with Crippen LogP contribution in [0.5, 0.6) is 0 Å². The Balaban J connectivity index is 1.58. The predicted octanol–water partition coefficient (Wildman–Crippen LogP) is 4.44. The molecule has 0 atom stereocenters. The van der Waals surface area contributed by atoms with Gasteiger partial charge in [0.2, 0.25) is 5.91 Å². The van der Waals surface area contributed by atoms with E-state index in [0.717, 1.165) is 51.2 Å². The Kier molecular flexibility index (Phi) is 5.91. The highest BCUT2D eigenvalue weighted by molar-refractivity contribution is 8.00. The molecule has 4 rings (SSSR count). The average Bonchev–Trinajstić information content (AvgIpc) is 3.03. The van der Waals surface area contributed by atoms with E-state index in [1.54, 1.807) is 23.1 Å². The van der Waals surface area contributed by atoms with E-state index in [0.29, 0.717) is 5.75 Å². The number of thiophene rings is 1. The van der Waals surface area contributed by atoms with Gasteiger partial charge in [-0.2, -0.15) is 0 Å². The molecular weight excluding hydrogens is 408 g/mol. The van der Waals surface area contributed by atoms with Gasteiger partial charge < -0.3 is 10.2 Å². The van der Waals surface area contributed by atoms with Gasteiger partial charge in [-0.3, -0.25) is 4.79 Å².